The highest BCUT2D eigenvalue weighted by atomic mass is 19.4. The Bertz CT molecular complexity index is 936. The molecule has 0 spiro atoms. The van der Waals surface area contributed by atoms with Crippen LogP contribution in [0.5, 0.6) is 0 Å². The highest BCUT2D eigenvalue weighted by Crippen LogP contribution is 2.39. The minimum atomic E-state index is -4.64. The Morgan fingerprint density at radius 1 is 1.31 bits per heavy atom. The first-order chi connectivity index (χ1) is 13.8. The van der Waals surface area contributed by atoms with Gasteiger partial charge in [-0.3, -0.25) is 9.78 Å². The number of hydrogen-bond acceptors (Lipinski definition) is 3. The number of aromatic nitrogens is 1. The van der Waals surface area contributed by atoms with E-state index in [9.17, 15) is 22.4 Å². The van der Waals surface area contributed by atoms with Gasteiger partial charge in [0, 0.05) is 11.6 Å². The number of allylic oxidation sites excluding steroid dienone is 2. The molecule has 1 heterocycles. The molecule has 156 valence electrons. The summed E-state index contributed by atoms with van der Waals surface area (Å²) in [5.74, 6) is -1.27. The van der Waals surface area contributed by atoms with Gasteiger partial charge in [0.25, 0.3) is 0 Å². The predicted octanol–water partition coefficient (Wildman–Crippen LogP) is 6.17. The van der Waals surface area contributed by atoms with E-state index in [2.05, 4.69) is 4.98 Å². The summed E-state index contributed by atoms with van der Waals surface area (Å²) in [6.45, 7) is 4.05. The van der Waals surface area contributed by atoms with Crippen LogP contribution in [0.1, 0.15) is 50.7 Å². The molecule has 0 amide bonds. The van der Waals surface area contributed by atoms with Crippen LogP contribution in [0, 0.1) is 17.7 Å². The van der Waals surface area contributed by atoms with Crippen LogP contribution in [0.3, 0.4) is 0 Å². The Hall–Kier alpha value is -2.44. The Kier molecular flexibility index (Phi) is 6.24. The summed E-state index contributed by atoms with van der Waals surface area (Å²) in [6.07, 6.45) is 1.33. The first kappa shape index (κ1) is 21.3. The predicted molar refractivity (Wildman–Crippen MR) is 102 cm³/mol. The third-order valence-electron chi connectivity index (χ3n) is 5.52. The lowest BCUT2D eigenvalue weighted by Crippen LogP contribution is -2.26. The molecule has 0 bridgehead atoms. The fourth-order valence-corrected chi connectivity index (χ4v) is 4.06. The van der Waals surface area contributed by atoms with Gasteiger partial charge in [-0.15, -0.1) is 0 Å². The van der Waals surface area contributed by atoms with Crippen molar-refractivity contribution in [2.45, 2.75) is 45.7 Å². The molecule has 2 aromatic rings. The third kappa shape index (κ3) is 4.43. The smallest absolute Gasteiger partial charge is 0.416 e. The Morgan fingerprint density at radius 3 is 2.66 bits per heavy atom. The zero-order valence-corrected chi connectivity index (χ0v) is 16.4. The van der Waals surface area contributed by atoms with Crippen LogP contribution >= 0.6 is 0 Å². The van der Waals surface area contributed by atoms with Crippen LogP contribution in [0.25, 0.3) is 16.5 Å². The largest absolute Gasteiger partial charge is 0.466 e. The molecule has 0 fully saturated rings. The van der Waals surface area contributed by atoms with E-state index in [4.69, 9.17) is 4.74 Å². The number of ether oxygens (including phenoxy) is 1. The number of alkyl halides is 3. The van der Waals surface area contributed by atoms with Gasteiger partial charge in [0.15, 0.2) is 0 Å². The summed E-state index contributed by atoms with van der Waals surface area (Å²) in [5, 5.41) is 0.155. The number of carbonyl (C=O) groups is 1. The summed E-state index contributed by atoms with van der Waals surface area (Å²) in [4.78, 5) is 16.1. The number of benzene rings is 1. The van der Waals surface area contributed by atoms with Crippen LogP contribution < -0.4 is 0 Å². The quantitative estimate of drug-likeness (QED) is 0.438. The average molecular weight is 409 g/mol. The first-order valence-corrected chi connectivity index (χ1v) is 9.77. The van der Waals surface area contributed by atoms with E-state index in [0.29, 0.717) is 43.9 Å². The van der Waals surface area contributed by atoms with Crippen molar-refractivity contribution in [3.63, 3.8) is 0 Å². The van der Waals surface area contributed by atoms with Crippen molar-refractivity contribution in [1.29, 1.82) is 0 Å². The maximum absolute atomic E-state index is 14.3. The minimum Gasteiger partial charge on any atom is -0.466 e. The second-order valence-electron chi connectivity index (χ2n) is 7.24. The van der Waals surface area contributed by atoms with Crippen LogP contribution in [0.15, 0.2) is 30.5 Å². The van der Waals surface area contributed by atoms with E-state index < -0.39 is 17.6 Å². The molecule has 1 aliphatic carbocycles. The van der Waals surface area contributed by atoms with E-state index in [1.165, 1.54) is 6.20 Å². The van der Waals surface area contributed by atoms with Crippen LogP contribution in [-0.4, -0.2) is 17.6 Å². The average Bonchev–Trinajstić information content (AvgIpc) is 2.68. The summed E-state index contributed by atoms with van der Waals surface area (Å²) in [6, 6.07) is 3.06. The van der Waals surface area contributed by atoms with Gasteiger partial charge in [-0.25, -0.2) is 4.39 Å². The fraction of sp³-hybridized carbons (Fsp3) is 0.455. The Labute approximate surface area is 166 Å². The van der Waals surface area contributed by atoms with Gasteiger partial charge in [-0.2, -0.15) is 13.2 Å². The van der Waals surface area contributed by atoms with Gasteiger partial charge in [-0.05, 0) is 67.9 Å². The lowest BCUT2D eigenvalue weighted by Gasteiger charge is -2.28. The fourth-order valence-electron chi connectivity index (χ4n) is 4.06. The molecule has 0 radical (unpaired) electrons. The second-order valence-corrected chi connectivity index (χ2v) is 7.24. The van der Waals surface area contributed by atoms with Crippen molar-refractivity contribution < 1.29 is 27.1 Å². The van der Waals surface area contributed by atoms with Crippen molar-refractivity contribution in [2.24, 2.45) is 11.8 Å². The lowest BCUT2D eigenvalue weighted by molar-refractivity contribution is -0.150. The highest BCUT2D eigenvalue weighted by Gasteiger charge is 2.33. The van der Waals surface area contributed by atoms with Gasteiger partial charge in [0.05, 0.1) is 18.1 Å². The molecule has 3 rings (SSSR count). The van der Waals surface area contributed by atoms with E-state index in [1.807, 2.05) is 13.0 Å². The third-order valence-corrected chi connectivity index (χ3v) is 5.52. The maximum atomic E-state index is 14.3. The number of nitrogens with zero attached hydrogens (tertiary/aromatic N) is 1. The summed E-state index contributed by atoms with van der Waals surface area (Å²) >= 11 is 0. The standard InChI is InChI=1S/C22H23F4NO2/c1-3-16(21(28)29-4-2)13-5-7-14(8-6-13)17-9-10-27-20-18(17)11-15(12-19(20)23)22(24,25)26/h7,9-13,16H,3-6,8H2,1-2H3. The number of hydrogen-bond donors (Lipinski definition) is 0. The molecule has 1 aromatic heterocycles. The maximum Gasteiger partial charge on any atom is 0.416 e. The highest BCUT2D eigenvalue weighted by molar-refractivity contribution is 5.92. The van der Waals surface area contributed by atoms with Crippen molar-refractivity contribution >= 4 is 22.4 Å². The number of fused-ring (bicyclic) bond motifs is 1. The van der Waals surface area contributed by atoms with Gasteiger partial charge < -0.3 is 4.74 Å². The molecule has 2 atom stereocenters. The van der Waals surface area contributed by atoms with Crippen molar-refractivity contribution in [2.75, 3.05) is 6.61 Å². The number of rotatable bonds is 5. The molecule has 1 aromatic carbocycles. The molecule has 0 saturated carbocycles. The van der Waals surface area contributed by atoms with Gasteiger partial charge in [0.2, 0.25) is 0 Å². The topological polar surface area (TPSA) is 39.2 Å². The molecule has 2 unspecified atom stereocenters. The van der Waals surface area contributed by atoms with E-state index in [1.54, 1.807) is 13.0 Å². The lowest BCUT2D eigenvalue weighted by atomic mass is 9.78. The SMILES string of the molecule is CCOC(=O)C(CC)C1CC=C(c2ccnc3c(F)cc(C(F)(F)F)cc23)CC1. The second kappa shape index (κ2) is 8.51. The number of esters is 1. The van der Waals surface area contributed by atoms with Gasteiger partial charge in [-0.1, -0.05) is 13.0 Å². The van der Waals surface area contributed by atoms with Crippen LogP contribution in [-0.2, 0) is 15.7 Å². The summed E-state index contributed by atoms with van der Waals surface area (Å²) < 4.78 is 58.9. The van der Waals surface area contributed by atoms with Gasteiger partial charge in [0.1, 0.15) is 11.3 Å². The molecular formula is C22H23F4NO2. The van der Waals surface area contributed by atoms with Crippen molar-refractivity contribution in [3.8, 4) is 0 Å². The van der Waals surface area contributed by atoms with E-state index in [-0.39, 0.29) is 28.7 Å². The monoisotopic (exact) mass is 409 g/mol. The molecule has 0 aliphatic heterocycles. The van der Waals surface area contributed by atoms with Crippen LogP contribution in [0.2, 0.25) is 0 Å². The van der Waals surface area contributed by atoms with Crippen molar-refractivity contribution in [3.05, 3.63) is 47.4 Å². The van der Waals surface area contributed by atoms with Crippen molar-refractivity contribution in [1.82, 2.24) is 4.98 Å². The molecule has 3 nitrogen and oxygen atoms in total. The molecule has 0 saturated heterocycles. The Balaban J connectivity index is 1.94. The molecule has 1 aliphatic rings. The van der Waals surface area contributed by atoms with E-state index in [0.717, 1.165) is 11.6 Å². The summed E-state index contributed by atoms with van der Waals surface area (Å²) in [5.41, 5.74) is 0.310. The normalized spacial score (nSPS) is 18.4. The molecule has 7 heteroatoms. The first-order valence-electron chi connectivity index (χ1n) is 9.77. The minimum absolute atomic E-state index is 0.0727. The number of pyridine rings is 1. The number of carbonyl (C=O) groups excluding carboxylic acids is 1. The van der Waals surface area contributed by atoms with Gasteiger partial charge >= 0.3 is 12.1 Å². The van der Waals surface area contributed by atoms with Crippen LogP contribution in [0.4, 0.5) is 17.6 Å². The Morgan fingerprint density at radius 2 is 2.07 bits per heavy atom. The zero-order chi connectivity index (χ0) is 21.2. The van der Waals surface area contributed by atoms with E-state index >= 15 is 0 Å². The molecule has 0 N–H and O–H groups in total. The molecule has 29 heavy (non-hydrogen) atoms. The summed E-state index contributed by atoms with van der Waals surface area (Å²) in [7, 11) is 0. The number of halogens is 4. The molecular weight excluding hydrogens is 386 g/mol. The zero-order valence-electron chi connectivity index (χ0n) is 16.4.